The molecule has 0 fully saturated rings. The van der Waals surface area contributed by atoms with Crippen molar-refractivity contribution < 1.29 is 52.7 Å². The molecule has 0 amide bonds. The van der Waals surface area contributed by atoms with E-state index in [1.54, 1.807) is 29.2 Å². The number of nitrogens with two attached hydrogens (primary N) is 1. The number of aromatic nitrogens is 3. The number of anilines is 5. The monoisotopic (exact) mass is 449 g/mol. The molecule has 2 aromatic rings. The molecule has 0 unspecified atom stereocenters. The van der Waals surface area contributed by atoms with Crippen molar-refractivity contribution in [2.24, 2.45) is 0 Å². The normalized spacial score (nSPS) is 10.9. The maximum Gasteiger partial charge on any atom is 1.00 e. The summed E-state index contributed by atoms with van der Waals surface area (Å²) in [5.74, 6) is 0.0208. The Labute approximate surface area is 197 Å². The van der Waals surface area contributed by atoms with Crippen molar-refractivity contribution in [2.75, 3.05) is 59.9 Å². The van der Waals surface area contributed by atoms with Gasteiger partial charge in [-0.1, -0.05) is 6.07 Å². The van der Waals surface area contributed by atoms with Crippen LogP contribution in [0.5, 0.6) is 0 Å². The molecular weight excluding hydrogens is 425 g/mol. The number of rotatable bonds is 12. The van der Waals surface area contributed by atoms with Gasteiger partial charge in [0.15, 0.2) is 0 Å². The second kappa shape index (κ2) is 12.8. The molecule has 14 heteroatoms. The molecule has 0 saturated heterocycles. The van der Waals surface area contributed by atoms with Gasteiger partial charge in [0.25, 0.3) is 0 Å². The molecule has 6 N–H and O–H groups in total. The van der Waals surface area contributed by atoms with Gasteiger partial charge in [0.05, 0.1) is 23.3 Å². The van der Waals surface area contributed by atoms with E-state index < -0.39 is 15.9 Å². The van der Waals surface area contributed by atoms with Gasteiger partial charge >= 0.3 is 29.6 Å². The molecule has 1 aromatic heterocycles. The third-order valence-electron chi connectivity index (χ3n) is 3.64. The molecule has 0 aliphatic heterocycles. The third kappa shape index (κ3) is 9.38. The number of nitrogen functional groups attached to an aromatic ring is 1. The van der Waals surface area contributed by atoms with E-state index in [2.05, 4.69) is 25.6 Å². The molecule has 12 nitrogen and oxygen atoms in total. The largest absolute Gasteiger partial charge is 1.00 e. The first kappa shape index (κ1) is 26.3. The average molecular weight is 449 g/mol. The number of hydrogen-bond donors (Lipinski definition) is 5. The Kier molecular flexibility index (Phi) is 11.3. The van der Waals surface area contributed by atoms with Crippen LogP contribution < -0.4 is 50.8 Å². The number of aliphatic hydroxyl groups excluding tert-OH is 2. The Morgan fingerprint density at radius 1 is 1.10 bits per heavy atom. The van der Waals surface area contributed by atoms with Gasteiger partial charge < -0.3 is 36.0 Å². The standard InChI is InChI=1S/C16H25N7O5S.Na/c17-12-3-1-4-13(11-12)19-15-20-14(18-5-2-10-29(26,27)28)21-16(22-15)23(6-8-24)7-9-25;/h1,3-4,11,24-25H,2,5-10,17H2,(H,26,27,28)(H2,18,19,20,21,22);/q;+1/p-1. The van der Waals surface area contributed by atoms with Crippen LogP contribution in [0.1, 0.15) is 6.42 Å². The third-order valence-corrected chi connectivity index (χ3v) is 4.43. The first-order valence-corrected chi connectivity index (χ1v) is 10.4. The second-order valence-electron chi connectivity index (χ2n) is 6.01. The van der Waals surface area contributed by atoms with E-state index in [1.165, 1.54) is 0 Å². The van der Waals surface area contributed by atoms with Crippen molar-refractivity contribution in [3.8, 4) is 0 Å². The van der Waals surface area contributed by atoms with E-state index in [9.17, 15) is 23.2 Å². The Morgan fingerprint density at radius 3 is 2.37 bits per heavy atom. The van der Waals surface area contributed by atoms with Gasteiger partial charge in [-0.05, 0) is 24.6 Å². The van der Waals surface area contributed by atoms with Crippen LogP contribution >= 0.6 is 0 Å². The Balaban J connectivity index is 0.00000450. The minimum Gasteiger partial charge on any atom is -0.748 e. The predicted molar refractivity (Wildman–Crippen MR) is 108 cm³/mol. The van der Waals surface area contributed by atoms with Crippen LogP contribution in [0, 0.1) is 0 Å². The van der Waals surface area contributed by atoms with Crippen LogP contribution in [0.4, 0.5) is 29.2 Å². The van der Waals surface area contributed by atoms with Crippen LogP contribution in [0.3, 0.4) is 0 Å². The molecule has 0 spiro atoms. The fourth-order valence-electron chi connectivity index (χ4n) is 2.39. The van der Waals surface area contributed by atoms with Crippen molar-refractivity contribution in [1.82, 2.24) is 15.0 Å². The maximum absolute atomic E-state index is 10.7. The van der Waals surface area contributed by atoms with E-state index in [0.29, 0.717) is 11.4 Å². The molecule has 0 bridgehead atoms. The molecule has 0 atom stereocenters. The van der Waals surface area contributed by atoms with E-state index >= 15 is 0 Å². The quantitative estimate of drug-likeness (QED) is 0.0925. The number of nitrogens with zero attached hydrogens (tertiary/aromatic N) is 4. The molecule has 0 aliphatic rings. The van der Waals surface area contributed by atoms with Crippen LogP contribution in [-0.2, 0) is 10.1 Å². The molecule has 2 rings (SSSR count). The van der Waals surface area contributed by atoms with Gasteiger partial charge in [0.2, 0.25) is 17.8 Å². The van der Waals surface area contributed by atoms with Gasteiger partial charge in [0.1, 0.15) is 0 Å². The van der Waals surface area contributed by atoms with Crippen LogP contribution in [-0.4, -0.2) is 76.7 Å². The van der Waals surface area contributed by atoms with E-state index in [0.717, 1.165) is 0 Å². The Bertz CT molecular complexity index is 897. The molecule has 160 valence electrons. The summed E-state index contributed by atoms with van der Waals surface area (Å²) in [6, 6.07) is 6.94. The average Bonchev–Trinajstić information content (AvgIpc) is 2.64. The van der Waals surface area contributed by atoms with Crippen molar-refractivity contribution in [2.45, 2.75) is 6.42 Å². The van der Waals surface area contributed by atoms with Crippen molar-refractivity contribution in [3.05, 3.63) is 24.3 Å². The van der Waals surface area contributed by atoms with Gasteiger partial charge in [-0.2, -0.15) is 15.0 Å². The van der Waals surface area contributed by atoms with Crippen LogP contribution in [0.25, 0.3) is 0 Å². The van der Waals surface area contributed by atoms with Gasteiger partial charge in [-0.25, -0.2) is 8.42 Å². The summed E-state index contributed by atoms with van der Waals surface area (Å²) in [5, 5.41) is 24.4. The Hall–Kier alpha value is -1.74. The zero-order chi connectivity index (χ0) is 21.3. The van der Waals surface area contributed by atoms with E-state index in [4.69, 9.17) is 5.73 Å². The summed E-state index contributed by atoms with van der Waals surface area (Å²) in [7, 11) is -4.30. The molecule has 0 saturated carbocycles. The van der Waals surface area contributed by atoms with E-state index in [1.807, 2.05) is 0 Å². The summed E-state index contributed by atoms with van der Waals surface area (Å²) < 4.78 is 32.1. The second-order valence-corrected chi connectivity index (χ2v) is 7.53. The fraction of sp³-hybridized carbons (Fsp3) is 0.438. The summed E-state index contributed by atoms with van der Waals surface area (Å²) in [6.07, 6.45) is 0.0851. The minimum absolute atomic E-state index is 0. The van der Waals surface area contributed by atoms with Crippen LogP contribution in [0.15, 0.2) is 24.3 Å². The molecule has 30 heavy (non-hydrogen) atoms. The number of aliphatic hydroxyl groups is 2. The zero-order valence-electron chi connectivity index (χ0n) is 16.7. The minimum atomic E-state index is -4.30. The smallest absolute Gasteiger partial charge is 0.748 e. The number of nitrogens with one attached hydrogen (secondary N) is 2. The summed E-state index contributed by atoms with van der Waals surface area (Å²) in [6.45, 7) is 0.191. The van der Waals surface area contributed by atoms with Crippen molar-refractivity contribution in [3.63, 3.8) is 0 Å². The SMILES string of the molecule is Nc1cccc(Nc2nc(NCCCS(=O)(=O)[O-])nc(N(CCO)CCO)n2)c1.[Na+]. The number of benzene rings is 1. The molecule has 1 aromatic carbocycles. The Morgan fingerprint density at radius 2 is 1.77 bits per heavy atom. The van der Waals surface area contributed by atoms with Gasteiger partial charge in [-0.15, -0.1) is 0 Å². The topological polar surface area (TPSA) is 190 Å². The fourth-order valence-corrected chi connectivity index (χ4v) is 2.89. The summed E-state index contributed by atoms with van der Waals surface area (Å²) in [4.78, 5) is 14.3. The summed E-state index contributed by atoms with van der Waals surface area (Å²) in [5.41, 5.74) is 6.96. The number of hydrogen-bond acceptors (Lipinski definition) is 12. The molecule has 0 radical (unpaired) electrons. The zero-order valence-corrected chi connectivity index (χ0v) is 19.5. The van der Waals surface area contributed by atoms with Crippen molar-refractivity contribution >= 4 is 39.3 Å². The van der Waals surface area contributed by atoms with Gasteiger partial charge in [0, 0.05) is 36.8 Å². The van der Waals surface area contributed by atoms with Crippen molar-refractivity contribution in [1.29, 1.82) is 0 Å². The first-order chi connectivity index (χ1) is 13.8. The van der Waals surface area contributed by atoms with E-state index in [-0.39, 0.29) is 86.7 Å². The predicted octanol–water partition coefficient (Wildman–Crippen LogP) is -3.66. The summed E-state index contributed by atoms with van der Waals surface area (Å²) >= 11 is 0. The van der Waals surface area contributed by atoms with Gasteiger partial charge in [-0.3, -0.25) is 0 Å². The molecular formula is C16H24N7NaO5S. The first-order valence-electron chi connectivity index (χ1n) is 8.83. The maximum atomic E-state index is 10.7. The molecule has 1 heterocycles. The molecule has 0 aliphatic carbocycles. The van der Waals surface area contributed by atoms with Crippen LogP contribution in [0.2, 0.25) is 0 Å².